The van der Waals surface area contributed by atoms with Crippen LogP contribution < -0.4 is 5.32 Å². The highest BCUT2D eigenvalue weighted by Gasteiger charge is 2.16. The first-order valence-electron chi connectivity index (χ1n) is 9.06. The summed E-state index contributed by atoms with van der Waals surface area (Å²) < 4.78 is 5.09. The van der Waals surface area contributed by atoms with Crippen LogP contribution in [-0.2, 0) is 14.3 Å². The van der Waals surface area contributed by atoms with Gasteiger partial charge in [0.05, 0.1) is 16.3 Å². The van der Waals surface area contributed by atoms with Crippen molar-refractivity contribution in [1.82, 2.24) is 10.3 Å². The summed E-state index contributed by atoms with van der Waals surface area (Å²) in [5, 5.41) is 4.83. The van der Waals surface area contributed by atoms with Crippen molar-refractivity contribution in [3.8, 4) is 0 Å². The van der Waals surface area contributed by atoms with Crippen molar-refractivity contribution >= 4 is 34.5 Å². The summed E-state index contributed by atoms with van der Waals surface area (Å²) in [5.74, 6) is -0.474. The second-order valence-corrected chi connectivity index (χ2v) is 7.64. The first-order valence-corrected chi connectivity index (χ1v) is 10.0. The van der Waals surface area contributed by atoms with Gasteiger partial charge in [-0.1, -0.05) is 49.2 Å². The maximum absolute atomic E-state index is 11.9. The van der Waals surface area contributed by atoms with E-state index in [4.69, 9.17) is 4.74 Å². The summed E-state index contributed by atoms with van der Waals surface area (Å²) in [4.78, 5) is 28.3. The highest BCUT2D eigenvalue weighted by atomic mass is 32.2. The zero-order valence-electron chi connectivity index (χ0n) is 15.0. The van der Waals surface area contributed by atoms with Gasteiger partial charge in [-0.25, -0.2) is 4.98 Å². The van der Waals surface area contributed by atoms with Crippen LogP contribution >= 0.6 is 11.8 Å². The Hall–Kier alpha value is -2.08. The molecular weight excluding hydrogens is 348 g/mol. The van der Waals surface area contributed by atoms with Gasteiger partial charge in [-0.15, -0.1) is 0 Å². The number of ether oxygens (including phenoxy) is 1. The van der Waals surface area contributed by atoms with E-state index in [0.717, 1.165) is 47.2 Å². The first-order chi connectivity index (χ1) is 12.6. The minimum atomic E-state index is -0.401. The van der Waals surface area contributed by atoms with E-state index >= 15 is 0 Å². The van der Waals surface area contributed by atoms with Gasteiger partial charge < -0.3 is 10.1 Å². The zero-order valence-corrected chi connectivity index (χ0v) is 15.8. The minimum Gasteiger partial charge on any atom is -0.455 e. The number of nitrogens with one attached hydrogen (secondary N) is 1. The number of carbonyl (C=O) groups excluding carboxylic acids is 2. The number of thioether (sulfide) groups is 1. The summed E-state index contributed by atoms with van der Waals surface area (Å²) in [6, 6.07) is 10.1. The van der Waals surface area contributed by atoms with E-state index in [9.17, 15) is 9.59 Å². The smallest absolute Gasteiger partial charge is 0.316 e. The van der Waals surface area contributed by atoms with Crippen LogP contribution in [0.2, 0.25) is 0 Å². The second-order valence-electron chi connectivity index (χ2n) is 6.65. The van der Waals surface area contributed by atoms with Crippen LogP contribution in [0, 0.1) is 6.92 Å². The Kier molecular flexibility index (Phi) is 6.50. The minimum absolute atomic E-state index is 0.140. The number of aryl methyl sites for hydroxylation is 1. The van der Waals surface area contributed by atoms with Crippen molar-refractivity contribution < 1.29 is 14.3 Å². The molecule has 5 nitrogen and oxygen atoms in total. The molecule has 0 spiro atoms. The van der Waals surface area contributed by atoms with Crippen LogP contribution in [-0.4, -0.2) is 35.3 Å². The largest absolute Gasteiger partial charge is 0.455 e. The Labute approximate surface area is 157 Å². The number of rotatable bonds is 6. The van der Waals surface area contributed by atoms with Crippen LogP contribution in [0.25, 0.3) is 10.9 Å². The molecule has 0 aliphatic heterocycles. The molecule has 138 valence electrons. The third kappa shape index (κ3) is 5.21. The lowest BCUT2D eigenvalue weighted by atomic mass is 9.95. The van der Waals surface area contributed by atoms with Crippen molar-refractivity contribution in [3.05, 3.63) is 35.9 Å². The highest BCUT2D eigenvalue weighted by Crippen LogP contribution is 2.23. The van der Waals surface area contributed by atoms with Gasteiger partial charge in [0, 0.05) is 11.4 Å². The Morgan fingerprint density at radius 1 is 1.23 bits per heavy atom. The van der Waals surface area contributed by atoms with E-state index in [-0.39, 0.29) is 24.3 Å². The third-order valence-electron chi connectivity index (χ3n) is 4.57. The molecule has 1 aliphatic carbocycles. The molecule has 1 saturated carbocycles. The number of pyridine rings is 1. The average molecular weight is 372 g/mol. The zero-order chi connectivity index (χ0) is 18.4. The molecule has 1 heterocycles. The van der Waals surface area contributed by atoms with E-state index in [0.29, 0.717) is 0 Å². The molecule has 1 N–H and O–H groups in total. The van der Waals surface area contributed by atoms with Gasteiger partial charge in [0.1, 0.15) is 0 Å². The summed E-state index contributed by atoms with van der Waals surface area (Å²) in [6.07, 6.45) is 5.57. The Morgan fingerprint density at radius 3 is 2.81 bits per heavy atom. The second kappa shape index (κ2) is 9.03. The molecule has 0 saturated heterocycles. The van der Waals surface area contributed by atoms with Gasteiger partial charge >= 0.3 is 5.97 Å². The van der Waals surface area contributed by atoms with E-state index < -0.39 is 5.97 Å². The van der Waals surface area contributed by atoms with E-state index in [1.54, 1.807) is 0 Å². The summed E-state index contributed by atoms with van der Waals surface area (Å²) >= 11 is 1.33. The molecule has 0 atom stereocenters. The molecule has 3 rings (SSSR count). The number of benzene rings is 1. The Morgan fingerprint density at radius 2 is 2.00 bits per heavy atom. The van der Waals surface area contributed by atoms with E-state index in [1.165, 1.54) is 18.2 Å². The first kappa shape index (κ1) is 18.7. The molecule has 0 bridgehead atoms. The normalized spacial score (nSPS) is 15.0. The number of esters is 1. The van der Waals surface area contributed by atoms with Crippen LogP contribution in [0.3, 0.4) is 0 Å². The number of hydrogen-bond donors (Lipinski definition) is 1. The molecule has 1 aromatic heterocycles. The fourth-order valence-corrected chi connectivity index (χ4v) is 4.00. The molecule has 6 heteroatoms. The summed E-state index contributed by atoms with van der Waals surface area (Å²) in [6.45, 7) is 1.82. The number of fused-ring (bicyclic) bond motifs is 1. The van der Waals surface area contributed by atoms with Gasteiger partial charge in [-0.2, -0.15) is 0 Å². The number of para-hydroxylation sites is 1. The fourth-order valence-electron chi connectivity index (χ4n) is 3.23. The Bertz CT molecular complexity index is 788. The van der Waals surface area contributed by atoms with Crippen molar-refractivity contribution in [1.29, 1.82) is 0 Å². The maximum atomic E-state index is 11.9. The average Bonchev–Trinajstić information content (AvgIpc) is 2.65. The van der Waals surface area contributed by atoms with E-state index in [1.807, 2.05) is 37.3 Å². The van der Waals surface area contributed by atoms with Crippen LogP contribution in [0.4, 0.5) is 0 Å². The number of nitrogens with zero attached hydrogens (tertiary/aromatic N) is 1. The number of amides is 1. The van der Waals surface area contributed by atoms with Crippen LogP contribution in [0.15, 0.2) is 35.4 Å². The molecule has 1 aliphatic rings. The number of aromatic nitrogens is 1. The van der Waals surface area contributed by atoms with E-state index in [2.05, 4.69) is 10.3 Å². The predicted octanol–water partition coefficient (Wildman–Crippen LogP) is 3.63. The Balaban J connectivity index is 1.44. The third-order valence-corrected chi connectivity index (χ3v) is 5.46. The topological polar surface area (TPSA) is 68.3 Å². The van der Waals surface area contributed by atoms with Crippen molar-refractivity contribution in [3.63, 3.8) is 0 Å². The number of hydrogen-bond acceptors (Lipinski definition) is 5. The fraction of sp³-hybridized carbons (Fsp3) is 0.450. The van der Waals surface area contributed by atoms with Crippen LogP contribution in [0.1, 0.15) is 37.7 Å². The van der Waals surface area contributed by atoms with Gasteiger partial charge in [0.15, 0.2) is 6.61 Å². The van der Waals surface area contributed by atoms with Crippen molar-refractivity contribution in [2.24, 2.45) is 0 Å². The van der Waals surface area contributed by atoms with Gasteiger partial charge in [-0.3, -0.25) is 9.59 Å². The molecule has 0 radical (unpaired) electrons. The van der Waals surface area contributed by atoms with Crippen molar-refractivity contribution in [2.75, 3.05) is 12.4 Å². The molecule has 1 fully saturated rings. The highest BCUT2D eigenvalue weighted by molar-refractivity contribution is 7.99. The van der Waals surface area contributed by atoms with Gasteiger partial charge in [0.2, 0.25) is 0 Å². The monoisotopic (exact) mass is 372 g/mol. The quantitative estimate of drug-likeness (QED) is 0.619. The standard InChI is InChI=1S/C20H24N2O3S/c1-14-11-19(22-17-10-6-5-9-16(14)17)26-13-20(24)25-12-18(23)21-15-7-3-2-4-8-15/h5-6,9-11,15H,2-4,7-8,12-13H2,1H3,(H,21,23). The maximum Gasteiger partial charge on any atom is 0.316 e. The molecule has 26 heavy (non-hydrogen) atoms. The predicted molar refractivity (Wildman–Crippen MR) is 103 cm³/mol. The van der Waals surface area contributed by atoms with Crippen LogP contribution in [0.5, 0.6) is 0 Å². The summed E-state index contributed by atoms with van der Waals surface area (Å²) in [5.41, 5.74) is 2.04. The van der Waals surface area contributed by atoms with Gasteiger partial charge in [0.25, 0.3) is 5.91 Å². The SMILES string of the molecule is Cc1cc(SCC(=O)OCC(=O)NC2CCCCC2)nc2ccccc12. The van der Waals surface area contributed by atoms with Gasteiger partial charge in [-0.05, 0) is 37.5 Å². The lowest BCUT2D eigenvalue weighted by Crippen LogP contribution is -2.38. The lowest BCUT2D eigenvalue weighted by molar-refractivity contribution is -0.146. The molecule has 1 amide bonds. The molecule has 0 unspecified atom stereocenters. The lowest BCUT2D eigenvalue weighted by Gasteiger charge is -2.22. The summed E-state index contributed by atoms with van der Waals surface area (Å²) in [7, 11) is 0. The molecule has 2 aromatic rings. The number of carbonyl (C=O) groups is 2. The molecule has 1 aromatic carbocycles. The molecular formula is C20H24N2O3S. The van der Waals surface area contributed by atoms with Crippen molar-refractivity contribution in [2.45, 2.75) is 50.1 Å².